The van der Waals surface area contributed by atoms with Crippen LogP contribution in [0.1, 0.15) is 31.4 Å². The second-order valence-electron chi connectivity index (χ2n) is 3.54. The highest BCUT2D eigenvalue weighted by molar-refractivity contribution is 9.10. The zero-order chi connectivity index (χ0) is 9.42. The van der Waals surface area contributed by atoms with Crippen molar-refractivity contribution in [2.24, 2.45) is 5.73 Å². The quantitative estimate of drug-likeness (QED) is 0.863. The summed E-state index contributed by atoms with van der Waals surface area (Å²) in [6.07, 6.45) is 4.21. The van der Waals surface area contributed by atoms with E-state index >= 15 is 0 Å². The van der Waals surface area contributed by atoms with E-state index in [1.54, 1.807) is 0 Å². The zero-order valence-corrected chi connectivity index (χ0v) is 9.29. The number of aryl methyl sites for hydroxylation is 1. The lowest BCUT2D eigenvalue weighted by Gasteiger charge is -2.34. The molecule has 0 radical (unpaired) electrons. The predicted molar refractivity (Wildman–Crippen MR) is 55.6 cm³/mol. The summed E-state index contributed by atoms with van der Waals surface area (Å²) in [7, 11) is 0. The lowest BCUT2D eigenvalue weighted by molar-refractivity contribution is 0.326. The highest BCUT2D eigenvalue weighted by atomic mass is 79.9. The van der Waals surface area contributed by atoms with Gasteiger partial charge in [0.2, 0.25) is 0 Å². The highest BCUT2D eigenvalue weighted by Gasteiger charge is 2.32. The Bertz CT molecular complexity index is 308. The van der Waals surface area contributed by atoms with Gasteiger partial charge in [-0.25, -0.2) is 0 Å². The average Bonchev–Trinajstić information content (AvgIpc) is 2.46. The largest absolute Gasteiger partial charge is 0.327 e. The third kappa shape index (κ3) is 1.42. The number of hydrogen-bond donors (Lipinski definition) is 1. The van der Waals surface area contributed by atoms with E-state index in [4.69, 9.17) is 5.73 Å². The number of nitrogens with zero attached hydrogens (tertiary/aromatic N) is 2. The molecule has 2 rings (SSSR count). The molecule has 0 spiro atoms. The molecule has 0 bridgehead atoms. The summed E-state index contributed by atoms with van der Waals surface area (Å²) in [6.45, 7) is 3.03. The highest BCUT2D eigenvalue weighted by Crippen LogP contribution is 2.38. The molecule has 3 nitrogen and oxygen atoms in total. The molecular formula is C9H14BrN3. The van der Waals surface area contributed by atoms with Crippen molar-refractivity contribution in [1.82, 2.24) is 9.78 Å². The Morgan fingerprint density at radius 3 is 2.92 bits per heavy atom. The molecule has 2 unspecified atom stereocenters. The van der Waals surface area contributed by atoms with Gasteiger partial charge < -0.3 is 5.73 Å². The summed E-state index contributed by atoms with van der Waals surface area (Å²) in [5.74, 6) is 0.511. The maximum atomic E-state index is 5.94. The van der Waals surface area contributed by atoms with E-state index in [1.807, 2.05) is 10.9 Å². The Morgan fingerprint density at radius 1 is 1.69 bits per heavy atom. The molecule has 1 aromatic heterocycles. The number of rotatable bonds is 2. The van der Waals surface area contributed by atoms with E-state index in [9.17, 15) is 0 Å². The minimum absolute atomic E-state index is 0.332. The minimum atomic E-state index is 0.332. The molecule has 0 aliphatic heterocycles. The van der Waals surface area contributed by atoms with Crippen LogP contribution in [-0.2, 0) is 6.54 Å². The normalized spacial score (nSPS) is 27.3. The van der Waals surface area contributed by atoms with Crippen LogP contribution in [-0.4, -0.2) is 15.8 Å². The Kier molecular flexibility index (Phi) is 2.43. The molecule has 0 saturated heterocycles. The SMILES string of the molecule is CCn1ncc(Br)c1C1CCC1N. The van der Waals surface area contributed by atoms with Crippen molar-refractivity contribution < 1.29 is 0 Å². The summed E-state index contributed by atoms with van der Waals surface area (Å²) < 4.78 is 3.14. The molecule has 13 heavy (non-hydrogen) atoms. The topological polar surface area (TPSA) is 43.8 Å². The standard InChI is InChI=1S/C9H14BrN3/c1-2-13-9(7(10)5-12-13)6-3-4-8(6)11/h5-6,8H,2-4,11H2,1H3. The van der Waals surface area contributed by atoms with Crippen molar-refractivity contribution in [1.29, 1.82) is 0 Å². The van der Waals surface area contributed by atoms with Gasteiger partial charge in [-0.3, -0.25) is 4.68 Å². The fourth-order valence-corrected chi connectivity index (χ4v) is 2.45. The summed E-state index contributed by atoms with van der Waals surface area (Å²) in [5, 5.41) is 4.29. The van der Waals surface area contributed by atoms with Crippen molar-refractivity contribution in [2.75, 3.05) is 0 Å². The van der Waals surface area contributed by atoms with Crippen LogP contribution in [0, 0.1) is 0 Å². The molecule has 1 aromatic rings. The summed E-state index contributed by atoms with van der Waals surface area (Å²) in [4.78, 5) is 0. The molecule has 1 aliphatic carbocycles. The monoisotopic (exact) mass is 243 g/mol. The predicted octanol–water partition coefficient (Wildman–Crippen LogP) is 1.87. The maximum absolute atomic E-state index is 5.94. The second kappa shape index (κ2) is 3.42. The summed E-state index contributed by atoms with van der Waals surface area (Å²) in [6, 6.07) is 0.332. The Hall–Kier alpha value is -0.350. The Balaban J connectivity index is 2.31. The van der Waals surface area contributed by atoms with E-state index in [2.05, 4.69) is 28.0 Å². The van der Waals surface area contributed by atoms with Crippen LogP contribution in [0.4, 0.5) is 0 Å². The molecule has 1 aliphatic rings. The van der Waals surface area contributed by atoms with Crippen LogP contribution in [0.5, 0.6) is 0 Å². The first-order chi connectivity index (χ1) is 6.24. The van der Waals surface area contributed by atoms with Crippen LogP contribution in [0.3, 0.4) is 0 Å². The smallest absolute Gasteiger partial charge is 0.0635 e. The van der Waals surface area contributed by atoms with Crippen molar-refractivity contribution in [3.63, 3.8) is 0 Å². The molecule has 1 fully saturated rings. The van der Waals surface area contributed by atoms with Gasteiger partial charge >= 0.3 is 0 Å². The molecule has 2 atom stereocenters. The van der Waals surface area contributed by atoms with Gasteiger partial charge in [-0.05, 0) is 35.7 Å². The molecule has 1 saturated carbocycles. The van der Waals surface area contributed by atoms with Crippen molar-refractivity contribution in [3.8, 4) is 0 Å². The zero-order valence-electron chi connectivity index (χ0n) is 7.70. The molecule has 1 heterocycles. The van der Waals surface area contributed by atoms with Gasteiger partial charge in [0.05, 0.1) is 16.4 Å². The van der Waals surface area contributed by atoms with E-state index in [1.165, 1.54) is 12.1 Å². The van der Waals surface area contributed by atoms with Gasteiger partial charge in [-0.1, -0.05) is 0 Å². The van der Waals surface area contributed by atoms with Crippen LogP contribution >= 0.6 is 15.9 Å². The molecule has 72 valence electrons. The van der Waals surface area contributed by atoms with Gasteiger partial charge in [0.1, 0.15) is 0 Å². The van der Waals surface area contributed by atoms with Crippen LogP contribution in [0.2, 0.25) is 0 Å². The molecule has 4 heteroatoms. The first-order valence-corrected chi connectivity index (χ1v) is 5.50. The number of aromatic nitrogens is 2. The first-order valence-electron chi connectivity index (χ1n) is 4.70. The van der Waals surface area contributed by atoms with Crippen LogP contribution in [0.15, 0.2) is 10.7 Å². The van der Waals surface area contributed by atoms with Crippen molar-refractivity contribution in [3.05, 3.63) is 16.4 Å². The molecule has 0 aromatic carbocycles. The number of hydrogen-bond acceptors (Lipinski definition) is 2. The van der Waals surface area contributed by atoms with E-state index in [0.29, 0.717) is 12.0 Å². The fourth-order valence-electron chi connectivity index (χ4n) is 1.86. The third-order valence-electron chi connectivity index (χ3n) is 2.81. The third-order valence-corrected chi connectivity index (χ3v) is 3.42. The van der Waals surface area contributed by atoms with Gasteiger partial charge in [-0.15, -0.1) is 0 Å². The van der Waals surface area contributed by atoms with E-state index < -0.39 is 0 Å². The van der Waals surface area contributed by atoms with Crippen LogP contribution < -0.4 is 5.73 Å². The summed E-state index contributed by atoms with van der Waals surface area (Å²) in [5.41, 5.74) is 7.22. The molecular weight excluding hydrogens is 230 g/mol. The Labute approximate surface area is 86.4 Å². The first kappa shape index (κ1) is 9.21. The average molecular weight is 244 g/mol. The van der Waals surface area contributed by atoms with Gasteiger partial charge in [0.25, 0.3) is 0 Å². The fraction of sp³-hybridized carbons (Fsp3) is 0.667. The van der Waals surface area contributed by atoms with Crippen LogP contribution in [0.25, 0.3) is 0 Å². The van der Waals surface area contributed by atoms with Gasteiger partial charge in [0.15, 0.2) is 0 Å². The minimum Gasteiger partial charge on any atom is -0.327 e. The van der Waals surface area contributed by atoms with Gasteiger partial charge in [-0.2, -0.15) is 5.10 Å². The Morgan fingerprint density at radius 2 is 2.46 bits per heavy atom. The van der Waals surface area contributed by atoms with E-state index in [-0.39, 0.29) is 0 Å². The van der Waals surface area contributed by atoms with E-state index in [0.717, 1.165) is 17.4 Å². The number of nitrogens with two attached hydrogens (primary N) is 1. The molecule has 0 amide bonds. The maximum Gasteiger partial charge on any atom is 0.0635 e. The molecule has 2 N–H and O–H groups in total. The summed E-state index contributed by atoms with van der Waals surface area (Å²) >= 11 is 3.52. The number of halogens is 1. The second-order valence-corrected chi connectivity index (χ2v) is 4.40. The van der Waals surface area contributed by atoms with Gasteiger partial charge in [0, 0.05) is 18.5 Å². The lowest BCUT2D eigenvalue weighted by Crippen LogP contribution is -2.38. The van der Waals surface area contributed by atoms with Crippen molar-refractivity contribution in [2.45, 2.75) is 38.3 Å². The van der Waals surface area contributed by atoms with Crippen molar-refractivity contribution >= 4 is 15.9 Å². The lowest BCUT2D eigenvalue weighted by atomic mass is 9.78.